The van der Waals surface area contributed by atoms with E-state index in [-0.39, 0.29) is 22.4 Å². The highest BCUT2D eigenvalue weighted by molar-refractivity contribution is 7.89. The highest BCUT2D eigenvalue weighted by Crippen LogP contribution is 2.21. The van der Waals surface area contributed by atoms with Crippen LogP contribution < -0.4 is 10.0 Å². The molecule has 0 radical (unpaired) electrons. The largest absolute Gasteiger partial charge is 0.467 e. The summed E-state index contributed by atoms with van der Waals surface area (Å²) in [5, 5.41) is 2.79. The summed E-state index contributed by atoms with van der Waals surface area (Å²) in [6, 6.07) is 8.65. The smallest absolute Gasteiger partial charge is 0.242 e. The van der Waals surface area contributed by atoms with E-state index in [1.54, 1.807) is 24.3 Å². The summed E-state index contributed by atoms with van der Waals surface area (Å²) in [5.74, 6) is 0.291. The molecule has 0 saturated heterocycles. The molecule has 0 aliphatic rings. The van der Waals surface area contributed by atoms with Crippen LogP contribution in [-0.2, 0) is 21.4 Å². The molecule has 1 atom stereocenters. The molecular formula is C17H21ClN2O4S. The number of amides is 1. The first-order valence-corrected chi connectivity index (χ1v) is 9.72. The predicted octanol–water partition coefficient (Wildman–Crippen LogP) is 2.94. The zero-order valence-corrected chi connectivity index (χ0v) is 15.6. The second kappa shape index (κ2) is 8.51. The Labute approximate surface area is 152 Å². The third-order valence-corrected chi connectivity index (χ3v) is 5.44. The quantitative estimate of drug-likeness (QED) is 0.732. The lowest BCUT2D eigenvalue weighted by Gasteiger charge is -2.20. The summed E-state index contributed by atoms with van der Waals surface area (Å²) in [5.41, 5.74) is 0. The molecule has 136 valence electrons. The zero-order chi connectivity index (χ0) is 18.4. The van der Waals surface area contributed by atoms with Gasteiger partial charge in [-0.25, -0.2) is 8.42 Å². The number of nitrogens with one attached hydrogen (secondary N) is 2. The maximum Gasteiger partial charge on any atom is 0.242 e. The Morgan fingerprint density at radius 3 is 2.52 bits per heavy atom. The third kappa shape index (κ3) is 5.59. The van der Waals surface area contributed by atoms with Gasteiger partial charge in [0.25, 0.3) is 0 Å². The Kier molecular flexibility index (Phi) is 6.64. The van der Waals surface area contributed by atoms with E-state index in [9.17, 15) is 13.2 Å². The van der Waals surface area contributed by atoms with Crippen LogP contribution in [0.2, 0.25) is 5.02 Å². The number of benzene rings is 1. The summed E-state index contributed by atoms with van der Waals surface area (Å²) in [6.45, 7) is 4.02. The molecule has 1 heterocycles. The molecule has 0 aliphatic carbocycles. The van der Waals surface area contributed by atoms with Crippen molar-refractivity contribution in [2.45, 2.75) is 37.8 Å². The Balaban J connectivity index is 2.13. The summed E-state index contributed by atoms with van der Waals surface area (Å²) in [7, 11) is -3.92. The van der Waals surface area contributed by atoms with E-state index in [4.69, 9.17) is 16.0 Å². The normalized spacial score (nSPS) is 13.0. The van der Waals surface area contributed by atoms with Crippen LogP contribution in [0.5, 0.6) is 0 Å². The Morgan fingerprint density at radius 2 is 1.92 bits per heavy atom. The van der Waals surface area contributed by atoms with Gasteiger partial charge in [-0.15, -0.1) is 0 Å². The van der Waals surface area contributed by atoms with E-state index >= 15 is 0 Å². The molecule has 2 aromatic rings. The van der Waals surface area contributed by atoms with Crippen LogP contribution in [0.3, 0.4) is 0 Å². The fraction of sp³-hybridized carbons (Fsp3) is 0.353. The van der Waals surface area contributed by atoms with E-state index in [0.717, 1.165) is 0 Å². The van der Waals surface area contributed by atoms with Crippen molar-refractivity contribution in [1.82, 2.24) is 10.0 Å². The molecule has 0 bridgehead atoms. The predicted molar refractivity (Wildman–Crippen MR) is 95.6 cm³/mol. The number of hydrogen-bond donors (Lipinski definition) is 2. The SMILES string of the molecule is CC(C)C[C@H](NS(=O)(=O)c1ccccc1Cl)C(=O)NCc1ccco1. The molecule has 8 heteroatoms. The summed E-state index contributed by atoms with van der Waals surface area (Å²) in [6.07, 6.45) is 1.86. The van der Waals surface area contributed by atoms with E-state index in [1.165, 1.54) is 18.4 Å². The fourth-order valence-corrected chi connectivity index (χ4v) is 4.03. The minimum absolute atomic E-state index is 0.0516. The van der Waals surface area contributed by atoms with Gasteiger partial charge < -0.3 is 9.73 Å². The second-order valence-corrected chi connectivity index (χ2v) is 8.12. The van der Waals surface area contributed by atoms with Crippen LogP contribution in [0.15, 0.2) is 52.0 Å². The fourth-order valence-electron chi connectivity index (χ4n) is 2.30. The summed E-state index contributed by atoms with van der Waals surface area (Å²) >= 11 is 5.97. The molecule has 1 aromatic heterocycles. The molecular weight excluding hydrogens is 364 g/mol. The van der Waals surface area contributed by atoms with E-state index in [2.05, 4.69) is 10.0 Å². The Bertz CT molecular complexity index is 804. The Hall–Kier alpha value is -1.83. The Morgan fingerprint density at radius 1 is 1.20 bits per heavy atom. The van der Waals surface area contributed by atoms with Crippen LogP contribution in [0.1, 0.15) is 26.0 Å². The van der Waals surface area contributed by atoms with Crippen molar-refractivity contribution in [1.29, 1.82) is 0 Å². The minimum Gasteiger partial charge on any atom is -0.467 e. The van der Waals surface area contributed by atoms with E-state index in [1.807, 2.05) is 13.8 Å². The van der Waals surface area contributed by atoms with Crippen LogP contribution in [0.4, 0.5) is 0 Å². The standard InChI is InChI=1S/C17H21ClN2O4S/c1-12(2)10-15(17(21)19-11-13-6-5-9-24-13)20-25(22,23)16-8-4-3-7-14(16)18/h3-9,12,15,20H,10-11H2,1-2H3,(H,19,21)/t15-/m0/s1. The molecule has 0 fully saturated rings. The number of furan rings is 1. The van der Waals surface area contributed by atoms with Crippen molar-refractivity contribution in [2.24, 2.45) is 5.92 Å². The maximum atomic E-state index is 12.6. The highest BCUT2D eigenvalue weighted by atomic mass is 35.5. The van der Waals surface area contributed by atoms with Crippen LogP contribution in [0.25, 0.3) is 0 Å². The topological polar surface area (TPSA) is 88.4 Å². The number of hydrogen-bond acceptors (Lipinski definition) is 4. The lowest BCUT2D eigenvalue weighted by Crippen LogP contribution is -2.47. The third-order valence-electron chi connectivity index (χ3n) is 3.46. The number of sulfonamides is 1. The molecule has 0 saturated carbocycles. The van der Waals surface area contributed by atoms with Gasteiger partial charge in [-0.3, -0.25) is 4.79 Å². The van der Waals surface area contributed by atoms with Gasteiger partial charge in [-0.1, -0.05) is 37.6 Å². The molecule has 25 heavy (non-hydrogen) atoms. The van der Waals surface area contributed by atoms with Gasteiger partial charge in [-0.05, 0) is 36.6 Å². The average Bonchev–Trinajstić information content (AvgIpc) is 3.05. The highest BCUT2D eigenvalue weighted by Gasteiger charge is 2.27. The molecule has 0 spiro atoms. The van der Waals surface area contributed by atoms with E-state index in [0.29, 0.717) is 12.2 Å². The second-order valence-electron chi connectivity index (χ2n) is 6.03. The summed E-state index contributed by atoms with van der Waals surface area (Å²) in [4.78, 5) is 12.4. The van der Waals surface area contributed by atoms with Crippen LogP contribution in [0, 0.1) is 5.92 Å². The van der Waals surface area contributed by atoms with Gasteiger partial charge in [0.1, 0.15) is 16.7 Å². The average molecular weight is 385 g/mol. The maximum absolute atomic E-state index is 12.6. The zero-order valence-electron chi connectivity index (χ0n) is 14.0. The van der Waals surface area contributed by atoms with Gasteiger partial charge in [0.05, 0.1) is 17.8 Å². The monoisotopic (exact) mass is 384 g/mol. The molecule has 0 unspecified atom stereocenters. The molecule has 2 rings (SSSR count). The van der Waals surface area contributed by atoms with Gasteiger partial charge in [0, 0.05) is 0 Å². The van der Waals surface area contributed by atoms with Crippen molar-refractivity contribution in [3.8, 4) is 0 Å². The van der Waals surface area contributed by atoms with Crippen molar-refractivity contribution in [3.63, 3.8) is 0 Å². The summed E-state index contributed by atoms with van der Waals surface area (Å²) < 4.78 is 32.8. The molecule has 2 N–H and O–H groups in total. The number of carbonyl (C=O) groups excluding carboxylic acids is 1. The first kappa shape index (κ1) is 19.5. The van der Waals surface area contributed by atoms with Gasteiger partial charge in [0.15, 0.2) is 0 Å². The lowest BCUT2D eigenvalue weighted by molar-refractivity contribution is -0.123. The number of halogens is 1. The van der Waals surface area contributed by atoms with Crippen molar-refractivity contribution < 1.29 is 17.6 Å². The minimum atomic E-state index is -3.92. The van der Waals surface area contributed by atoms with Gasteiger partial charge >= 0.3 is 0 Å². The van der Waals surface area contributed by atoms with Crippen molar-refractivity contribution in [2.75, 3.05) is 0 Å². The number of rotatable bonds is 8. The first-order chi connectivity index (χ1) is 11.8. The molecule has 6 nitrogen and oxygen atoms in total. The van der Waals surface area contributed by atoms with Crippen LogP contribution >= 0.6 is 11.6 Å². The first-order valence-electron chi connectivity index (χ1n) is 7.86. The van der Waals surface area contributed by atoms with Gasteiger partial charge in [0.2, 0.25) is 15.9 Å². The van der Waals surface area contributed by atoms with Crippen molar-refractivity contribution >= 4 is 27.5 Å². The molecule has 0 aliphatic heterocycles. The van der Waals surface area contributed by atoms with Gasteiger partial charge in [-0.2, -0.15) is 4.72 Å². The lowest BCUT2D eigenvalue weighted by atomic mass is 10.0. The molecule has 1 aromatic carbocycles. The van der Waals surface area contributed by atoms with E-state index < -0.39 is 22.0 Å². The van der Waals surface area contributed by atoms with Crippen LogP contribution in [-0.4, -0.2) is 20.4 Å². The molecule has 1 amide bonds. The number of carbonyl (C=O) groups is 1. The van der Waals surface area contributed by atoms with Crippen molar-refractivity contribution in [3.05, 3.63) is 53.4 Å².